The maximum atomic E-state index is 2.37. The van der Waals surface area contributed by atoms with Gasteiger partial charge < -0.3 is 0 Å². The number of fused-ring (bicyclic) bond motifs is 1. The minimum absolute atomic E-state index is 0.509. The van der Waals surface area contributed by atoms with E-state index < -0.39 is 0 Å². The molecule has 0 unspecified atom stereocenters. The Morgan fingerprint density at radius 3 is 3.00 bits per heavy atom. The molecule has 0 aromatic carbocycles. The lowest BCUT2D eigenvalue weighted by atomic mass is 9.77. The van der Waals surface area contributed by atoms with Crippen molar-refractivity contribution < 1.29 is 0 Å². The van der Waals surface area contributed by atoms with Crippen molar-refractivity contribution in [3.8, 4) is 0 Å². The van der Waals surface area contributed by atoms with Crippen molar-refractivity contribution in [2.75, 3.05) is 0 Å². The molecule has 72 valence electrons. The number of rotatable bonds is 1. The van der Waals surface area contributed by atoms with Crippen molar-refractivity contribution >= 4 is 30.3 Å². The van der Waals surface area contributed by atoms with Crippen LogP contribution >= 0.6 is 30.3 Å². The van der Waals surface area contributed by atoms with Crippen molar-refractivity contribution in [1.82, 2.24) is 3.97 Å². The molecule has 2 rings (SSSR count). The molecule has 1 aliphatic rings. The van der Waals surface area contributed by atoms with Gasteiger partial charge in [-0.25, -0.2) is 0 Å². The molecule has 1 aromatic rings. The van der Waals surface area contributed by atoms with E-state index in [0.717, 1.165) is 0 Å². The van der Waals surface area contributed by atoms with Gasteiger partial charge in [0.05, 0.1) is 0 Å². The van der Waals surface area contributed by atoms with Gasteiger partial charge in [0, 0.05) is 42.2 Å². The number of hydrogen-bond donors (Lipinski definition) is 0. The highest BCUT2D eigenvalue weighted by Gasteiger charge is 2.26. The van der Waals surface area contributed by atoms with Crippen LogP contribution in [0.3, 0.4) is 0 Å². The summed E-state index contributed by atoms with van der Waals surface area (Å²) in [5, 5.41) is 0. The van der Waals surface area contributed by atoms with Crippen LogP contribution in [0.1, 0.15) is 31.5 Å². The molecule has 0 spiro atoms. The van der Waals surface area contributed by atoms with Crippen LogP contribution in [0, 0.1) is 5.41 Å². The quantitative estimate of drug-likeness (QED) is 0.714. The largest absolute Gasteiger partial charge is 0.287 e. The minimum Gasteiger partial charge on any atom is -0.287 e. The molecule has 1 nitrogen and oxygen atoms in total. The lowest BCUT2D eigenvalue weighted by Gasteiger charge is -2.29. The lowest BCUT2D eigenvalue weighted by molar-refractivity contribution is 0.313. The van der Waals surface area contributed by atoms with Crippen molar-refractivity contribution in [3.63, 3.8) is 0 Å². The number of halogens is 1. The highest BCUT2D eigenvalue weighted by molar-refractivity contribution is 14.2. The van der Waals surface area contributed by atoms with E-state index in [-0.39, 0.29) is 0 Å². The van der Waals surface area contributed by atoms with Crippen LogP contribution in [0.25, 0.3) is 0 Å². The summed E-state index contributed by atoms with van der Waals surface area (Å²) >= 11 is 2.34. The predicted molar refractivity (Wildman–Crippen MR) is 67.2 cm³/mol. The molecule has 3 heteroatoms. The summed E-state index contributed by atoms with van der Waals surface area (Å²) in [6.07, 6.45) is 6.00. The van der Waals surface area contributed by atoms with E-state index >= 15 is 0 Å². The Labute approximate surface area is 96.0 Å². The molecule has 0 radical (unpaired) electrons. The molecule has 1 aliphatic carbocycles. The van der Waals surface area contributed by atoms with Gasteiger partial charge in [-0.1, -0.05) is 13.8 Å². The highest BCUT2D eigenvalue weighted by Crippen LogP contribution is 2.36. The van der Waals surface area contributed by atoms with Gasteiger partial charge >= 0.3 is 0 Å². The van der Waals surface area contributed by atoms with E-state index in [1.807, 2.05) is 0 Å². The minimum atomic E-state index is 0.509. The second-order valence-electron chi connectivity index (χ2n) is 4.52. The Bertz CT molecular complexity index is 317. The first kappa shape index (κ1) is 9.90. The maximum absolute atomic E-state index is 2.37. The Kier molecular flexibility index (Phi) is 2.66. The van der Waals surface area contributed by atoms with Crippen LogP contribution in [0.15, 0.2) is 12.3 Å². The third-order valence-electron chi connectivity index (χ3n) is 2.83. The van der Waals surface area contributed by atoms with Gasteiger partial charge in [-0.15, -0.1) is 0 Å². The second-order valence-corrected chi connectivity index (χ2v) is 6.24. The predicted octanol–water partition coefficient (Wildman–Crippen LogP) is 3.85. The fourth-order valence-corrected chi connectivity index (χ4v) is 3.55. The first-order valence-electron chi connectivity index (χ1n) is 4.60. The zero-order valence-corrected chi connectivity index (χ0v) is 11.0. The van der Waals surface area contributed by atoms with Crippen molar-refractivity contribution in [2.24, 2.45) is 5.41 Å². The van der Waals surface area contributed by atoms with Gasteiger partial charge in [-0.05, 0) is 36.3 Å². The summed E-state index contributed by atoms with van der Waals surface area (Å²) in [4.78, 5) is 0. The molecule has 0 N–H and O–H groups in total. The zero-order chi connectivity index (χ0) is 9.47. The molecule has 0 bridgehead atoms. The second kappa shape index (κ2) is 3.50. The molecule has 0 fully saturated rings. The van der Waals surface area contributed by atoms with Crippen molar-refractivity contribution in [1.29, 1.82) is 0 Å². The Balaban J connectivity index is 2.33. The average molecular weight is 307 g/mol. The van der Waals surface area contributed by atoms with Gasteiger partial charge in [-0.3, -0.25) is 3.97 Å². The van der Waals surface area contributed by atoms with Gasteiger partial charge in [0.25, 0.3) is 0 Å². The van der Waals surface area contributed by atoms with Crippen LogP contribution in [-0.2, 0) is 12.8 Å². The number of nitrogens with zero attached hydrogens (tertiary/aromatic N) is 1. The highest BCUT2D eigenvalue weighted by atomic mass is 127. The summed E-state index contributed by atoms with van der Waals surface area (Å²) in [5.74, 6) is 0. The van der Waals surface area contributed by atoms with Gasteiger partial charge in [0.1, 0.15) is 0 Å². The Morgan fingerprint density at radius 1 is 1.54 bits per heavy atom. The van der Waals surface area contributed by atoms with Crippen LogP contribution in [-0.4, -0.2) is 3.97 Å². The average Bonchev–Trinajstić information content (AvgIpc) is 2.44. The Hall–Kier alpha value is 0.360. The van der Waals surface area contributed by atoms with Crippen LogP contribution in [0.4, 0.5) is 0 Å². The van der Waals surface area contributed by atoms with Crippen molar-refractivity contribution in [3.05, 3.63) is 23.5 Å². The smallest absolute Gasteiger partial charge is 0.0332 e. The number of aromatic nitrogens is 1. The number of hydrogen-bond acceptors (Lipinski definition) is 1. The maximum Gasteiger partial charge on any atom is 0.0332 e. The molecule has 0 saturated heterocycles. The molecule has 1 aromatic heterocycles. The third-order valence-corrected chi connectivity index (χ3v) is 4.59. The van der Waals surface area contributed by atoms with Gasteiger partial charge in [0.15, 0.2) is 0 Å². The summed E-state index contributed by atoms with van der Waals surface area (Å²) in [7, 11) is 1.78. The summed E-state index contributed by atoms with van der Waals surface area (Å²) < 4.78 is 2.30. The van der Waals surface area contributed by atoms with E-state index in [1.165, 1.54) is 19.3 Å². The summed E-state index contributed by atoms with van der Waals surface area (Å²) in [5.41, 5.74) is 3.61. The molecular formula is C10H14INS. The third kappa shape index (κ3) is 1.91. The molecule has 1 heterocycles. The van der Waals surface area contributed by atoms with E-state index in [1.54, 1.807) is 20.4 Å². The van der Waals surface area contributed by atoms with Crippen LogP contribution in [0.5, 0.6) is 0 Å². The van der Waals surface area contributed by atoms with Gasteiger partial charge in [0.2, 0.25) is 0 Å². The first-order valence-corrected chi connectivity index (χ1v) is 7.92. The molecule has 0 amide bonds. The normalized spacial score (nSPS) is 19.9. The molecule has 13 heavy (non-hydrogen) atoms. The monoisotopic (exact) mass is 307 g/mol. The van der Waals surface area contributed by atoms with Crippen LogP contribution in [0.2, 0.25) is 0 Å². The lowest BCUT2D eigenvalue weighted by Crippen LogP contribution is -2.22. The first-order chi connectivity index (χ1) is 6.12. The van der Waals surface area contributed by atoms with Crippen molar-refractivity contribution in [2.45, 2.75) is 33.1 Å². The van der Waals surface area contributed by atoms with E-state index in [4.69, 9.17) is 0 Å². The fraction of sp³-hybridized carbons (Fsp3) is 0.600. The van der Waals surface area contributed by atoms with E-state index in [0.29, 0.717) is 5.41 Å². The van der Waals surface area contributed by atoms with Gasteiger partial charge in [-0.2, -0.15) is 0 Å². The Morgan fingerprint density at radius 2 is 2.31 bits per heavy atom. The topological polar surface area (TPSA) is 4.93 Å². The molecular weight excluding hydrogens is 293 g/mol. The summed E-state index contributed by atoms with van der Waals surface area (Å²) in [6, 6.07) is 2.28. The van der Waals surface area contributed by atoms with Crippen LogP contribution < -0.4 is 0 Å². The fourth-order valence-electron chi connectivity index (χ4n) is 2.04. The van der Waals surface area contributed by atoms with E-state index in [2.05, 4.69) is 51.3 Å². The summed E-state index contributed by atoms with van der Waals surface area (Å²) in [6.45, 7) is 4.73. The zero-order valence-electron chi connectivity index (χ0n) is 8.01. The van der Waals surface area contributed by atoms with E-state index in [9.17, 15) is 0 Å². The molecule has 0 aliphatic heterocycles. The molecule has 0 atom stereocenters. The standard InChI is InChI=1S/C10H14INS/c1-10(2)5-3-9-8(7-10)4-6-12(9)13-11/h4,6H,3,5,7H2,1-2H3. The molecule has 0 saturated carbocycles. The SMILES string of the molecule is CC1(C)CCc2c(ccn2SI)C1.